The first-order valence-corrected chi connectivity index (χ1v) is 9.97. The molecule has 23 heavy (non-hydrogen) atoms. The lowest BCUT2D eigenvalue weighted by atomic mass is 10.0. The Kier molecular flexibility index (Phi) is 4.77. The number of aromatic nitrogens is 1. The molecule has 1 aromatic rings. The van der Waals surface area contributed by atoms with Gasteiger partial charge in [0.1, 0.15) is 10.6 Å². The van der Waals surface area contributed by atoms with E-state index in [1.807, 2.05) is 6.92 Å². The summed E-state index contributed by atoms with van der Waals surface area (Å²) in [7, 11) is -3.53. The number of carbonyl (C=O) groups excluding carboxylic acids is 1. The first kappa shape index (κ1) is 16.5. The van der Waals surface area contributed by atoms with Gasteiger partial charge in [0.2, 0.25) is 10.0 Å². The van der Waals surface area contributed by atoms with E-state index in [1.165, 1.54) is 12.3 Å². The van der Waals surface area contributed by atoms with Gasteiger partial charge in [-0.15, -0.1) is 0 Å². The van der Waals surface area contributed by atoms with Crippen LogP contribution in [0.5, 0.6) is 0 Å². The molecule has 0 aliphatic carbocycles. The SMILES string of the molecule is CCC1CCCCN1S(=O)(=O)c1c[nH]c(C(=O)N2CCCC2)c1. The van der Waals surface area contributed by atoms with Crippen molar-refractivity contribution in [3.8, 4) is 0 Å². The van der Waals surface area contributed by atoms with Crippen LogP contribution in [-0.2, 0) is 10.0 Å². The van der Waals surface area contributed by atoms with E-state index in [2.05, 4.69) is 4.98 Å². The molecule has 1 atom stereocenters. The summed E-state index contributed by atoms with van der Waals surface area (Å²) in [5.74, 6) is -0.102. The quantitative estimate of drug-likeness (QED) is 0.914. The fourth-order valence-corrected chi connectivity index (χ4v) is 5.33. The summed E-state index contributed by atoms with van der Waals surface area (Å²) in [6, 6.07) is 1.57. The smallest absolute Gasteiger partial charge is 0.270 e. The topological polar surface area (TPSA) is 73.5 Å². The molecule has 2 fully saturated rings. The summed E-state index contributed by atoms with van der Waals surface area (Å²) in [6.45, 7) is 4.10. The zero-order chi connectivity index (χ0) is 16.4. The third-order valence-electron chi connectivity index (χ3n) is 4.93. The number of hydrogen-bond donors (Lipinski definition) is 1. The molecule has 2 aliphatic heterocycles. The summed E-state index contributed by atoms with van der Waals surface area (Å²) < 4.78 is 27.4. The highest BCUT2D eigenvalue weighted by atomic mass is 32.2. The largest absolute Gasteiger partial charge is 0.356 e. The van der Waals surface area contributed by atoms with E-state index in [9.17, 15) is 13.2 Å². The van der Waals surface area contributed by atoms with Crippen LogP contribution in [0.4, 0.5) is 0 Å². The second-order valence-electron chi connectivity index (χ2n) is 6.42. The lowest BCUT2D eigenvalue weighted by Gasteiger charge is -2.33. The molecule has 0 saturated carbocycles. The van der Waals surface area contributed by atoms with Gasteiger partial charge in [-0.2, -0.15) is 4.31 Å². The van der Waals surface area contributed by atoms with Crippen molar-refractivity contribution in [3.05, 3.63) is 18.0 Å². The molecule has 7 heteroatoms. The minimum atomic E-state index is -3.53. The van der Waals surface area contributed by atoms with Crippen LogP contribution in [0.25, 0.3) is 0 Å². The van der Waals surface area contributed by atoms with Crippen LogP contribution >= 0.6 is 0 Å². The predicted molar refractivity (Wildman–Crippen MR) is 87.8 cm³/mol. The Morgan fingerprint density at radius 3 is 2.61 bits per heavy atom. The van der Waals surface area contributed by atoms with Crippen molar-refractivity contribution < 1.29 is 13.2 Å². The van der Waals surface area contributed by atoms with E-state index < -0.39 is 10.0 Å². The Balaban J connectivity index is 1.82. The van der Waals surface area contributed by atoms with E-state index in [4.69, 9.17) is 0 Å². The van der Waals surface area contributed by atoms with Crippen LogP contribution in [-0.4, -0.2) is 54.2 Å². The van der Waals surface area contributed by atoms with Crippen molar-refractivity contribution in [2.75, 3.05) is 19.6 Å². The fraction of sp³-hybridized carbons (Fsp3) is 0.688. The Morgan fingerprint density at radius 2 is 1.91 bits per heavy atom. The Morgan fingerprint density at radius 1 is 1.22 bits per heavy atom. The van der Waals surface area contributed by atoms with Crippen LogP contribution in [0.2, 0.25) is 0 Å². The minimum absolute atomic E-state index is 0.0707. The van der Waals surface area contributed by atoms with Crippen molar-refractivity contribution in [2.24, 2.45) is 0 Å². The lowest BCUT2D eigenvalue weighted by molar-refractivity contribution is 0.0787. The lowest BCUT2D eigenvalue weighted by Crippen LogP contribution is -2.43. The zero-order valence-electron chi connectivity index (χ0n) is 13.6. The molecule has 2 saturated heterocycles. The van der Waals surface area contributed by atoms with Crippen LogP contribution < -0.4 is 0 Å². The number of nitrogens with zero attached hydrogens (tertiary/aromatic N) is 2. The van der Waals surface area contributed by atoms with E-state index in [-0.39, 0.29) is 16.8 Å². The first-order chi connectivity index (χ1) is 11.0. The summed E-state index contributed by atoms with van der Waals surface area (Å²) >= 11 is 0. The normalized spacial score (nSPS) is 23.3. The van der Waals surface area contributed by atoms with E-state index in [0.717, 1.165) is 51.6 Å². The number of piperidine rings is 1. The monoisotopic (exact) mass is 339 g/mol. The van der Waals surface area contributed by atoms with Gasteiger partial charge in [-0.3, -0.25) is 4.79 Å². The second kappa shape index (κ2) is 6.65. The van der Waals surface area contributed by atoms with Crippen LogP contribution in [0, 0.1) is 0 Å². The van der Waals surface area contributed by atoms with Gasteiger partial charge in [0.05, 0.1) is 0 Å². The zero-order valence-corrected chi connectivity index (χ0v) is 14.4. The number of amides is 1. The third kappa shape index (κ3) is 3.17. The maximum Gasteiger partial charge on any atom is 0.270 e. The predicted octanol–water partition coefficient (Wildman–Crippen LogP) is 2.20. The first-order valence-electron chi connectivity index (χ1n) is 8.53. The number of carbonyl (C=O) groups is 1. The molecule has 128 valence electrons. The number of rotatable bonds is 4. The fourth-order valence-electron chi connectivity index (χ4n) is 3.57. The number of H-pyrrole nitrogens is 1. The number of likely N-dealkylation sites (tertiary alicyclic amines) is 1. The molecule has 1 N–H and O–H groups in total. The molecule has 3 rings (SSSR count). The third-order valence-corrected chi connectivity index (χ3v) is 6.86. The maximum atomic E-state index is 12.9. The summed E-state index contributed by atoms with van der Waals surface area (Å²) in [5, 5.41) is 0. The van der Waals surface area contributed by atoms with Gasteiger partial charge >= 0.3 is 0 Å². The Labute approximate surface area is 137 Å². The average molecular weight is 339 g/mol. The van der Waals surface area contributed by atoms with Crippen molar-refractivity contribution in [1.29, 1.82) is 0 Å². The summed E-state index contributed by atoms with van der Waals surface area (Å²) in [5.41, 5.74) is 0.371. The van der Waals surface area contributed by atoms with Crippen molar-refractivity contribution in [3.63, 3.8) is 0 Å². The van der Waals surface area contributed by atoms with Crippen LogP contribution in [0.3, 0.4) is 0 Å². The van der Waals surface area contributed by atoms with E-state index in [1.54, 1.807) is 9.21 Å². The van der Waals surface area contributed by atoms with E-state index >= 15 is 0 Å². The molecule has 0 spiro atoms. The molecule has 0 aromatic carbocycles. The van der Waals surface area contributed by atoms with Gasteiger partial charge in [0.25, 0.3) is 5.91 Å². The molecule has 6 nitrogen and oxygen atoms in total. The standard InChI is InChI=1S/C16H25N3O3S/c1-2-13-7-3-4-10-19(13)23(21,22)14-11-15(17-12-14)16(20)18-8-5-6-9-18/h11-13,17H,2-10H2,1H3. The highest BCUT2D eigenvalue weighted by Gasteiger charge is 2.33. The van der Waals surface area contributed by atoms with Crippen LogP contribution in [0.15, 0.2) is 17.2 Å². The molecule has 0 radical (unpaired) electrons. The maximum absolute atomic E-state index is 12.9. The Hall–Kier alpha value is -1.34. The van der Waals surface area contributed by atoms with Crippen molar-refractivity contribution >= 4 is 15.9 Å². The number of sulfonamides is 1. The molecule has 1 unspecified atom stereocenters. The molecular formula is C16H25N3O3S. The number of nitrogens with one attached hydrogen (secondary N) is 1. The molecular weight excluding hydrogens is 314 g/mol. The van der Waals surface area contributed by atoms with Crippen LogP contribution in [0.1, 0.15) is 55.9 Å². The second-order valence-corrected chi connectivity index (χ2v) is 8.31. The molecule has 0 bridgehead atoms. The molecule has 2 aliphatic rings. The number of aromatic amines is 1. The highest BCUT2D eigenvalue weighted by Crippen LogP contribution is 2.27. The van der Waals surface area contributed by atoms with Gasteiger partial charge < -0.3 is 9.88 Å². The van der Waals surface area contributed by atoms with Gasteiger partial charge in [-0.1, -0.05) is 13.3 Å². The van der Waals surface area contributed by atoms with Gasteiger partial charge in [0, 0.05) is 31.9 Å². The van der Waals surface area contributed by atoms with Crippen molar-refractivity contribution in [1.82, 2.24) is 14.2 Å². The highest BCUT2D eigenvalue weighted by molar-refractivity contribution is 7.89. The summed E-state index contributed by atoms with van der Waals surface area (Å²) in [6.07, 6.45) is 7.21. The molecule has 1 amide bonds. The molecule has 1 aromatic heterocycles. The summed E-state index contributed by atoms with van der Waals surface area (Å²) in [4.78, 5) is 17.2. The van der Waals surface area contributed by atoms with E-state index in [0.29, 0.717) is 12.2 Å². The van der Waals surface area contributed by atoms with Gasteiger partial charge in [-0.05, 0) is 38.2 Å². The van der Waals surface area contributed by atoms with Gasteiger partial charge in [-0.25, -0.2) is 8.42 Å². The minimum Gasteiger partial charge on any atom is -0.356 e. The Bertz CT molecular complexity index is 662. The van der Waals surface area contributed by atoms with Gasteiger partial charge in [0.15, 0.2) is 0 Å². The average Bonchev–Trinajstić information content (AvgIpc) is 3.25. The van der Waals surface area contributed by atoms with Crippen molar-refractivity contribution in [2.45, 2.75) is 56.4 Å². The number of hydrogen-bond acceptors (Lipinski definition) is 3. The molecule has 3 heterocycles.